The van der Waals surface area contributed by atoms with E-state index >= 15 is 0 Å². The van der Waals surface area contributed by atoms with Gasteiger partial charge in [0.05, 0.1) is 11.9 Å². The van der Waals surface area contributed by atoms with Gasteiger partial charge in [0.1, 0.15) is 0 Å². The Bertz CT molecular complexity index is 856. The minimum Gasteiger partial charge on any atom is -0.376 e. The molecule has 6 nitrogen and oxygen atoms in total. The molecule has 124 valence electrons. The van der Waals surface area contributed by atoms with Crippen LogP contribution in [0.15, 0.2) is 35.1 Å². The Morgan fingerprint density at radius 2 is 1.83 bits per heavy atom. The van der Waals surface area contributed by atoms with Crippen molar-refractivity contribution in [3.8, 4) is 17.0 Å². The minimum absolute atomic E-state index is 0.178. The molecule has 2 aromatic rings. The van der Waals surface area contributed by atoms with E-state index in [1.807, 2.05) is 44.2 Å². The number of benzene rings is 1. The van der Waals surface area contributed by atoms with Gasteiger partial charge in [0.15, 0.2) is 0 Å². The van der Waals surface area contributed by atoms with Crippen LogP contribution in [-0.4, -0.2) is 24.5 Å². The zero-order valence-corrected chi connectivity index (χ0v) is 14.4. The van der Waals surface area contributed by atoms with Crippen LogP contribution in [-0.2, 0) is 16.7 Å². The van der Waals surface area contributed by atoms with Crippen LogP contribution in [0.2, 0.25) is 0 Å². The van der Waals surface area contributed by atoms with E-state index in [1.54, 1.807) is 6.92 Å². The molecule has 7 heteroatoms. The van der Waals surface area contributed by atoms with E-state index < -0.39 is 15.7 Å². The summed E-state index contributed by atoms with van der Waals surface area (Å²) in [5.41, 5.74) is 1.19. The lowest BCUT2D eigenvalue weighted by Crippen LogP contribution is -2.29. The summed E-state index contributed by atoms with van der Waals surface area (Å²) in [7, 11) is -3.81. The Morgan fingerprint density at radius 1 is 1.22 bits per heavy atom. The topological polar surface area (TPSA) is 78.3 Å². The molecule has 1 aromatic heterocycles. The molecule has 0 spiro atoms. The lowest BCUT2D eigenvalue weighted by atomic mass is 10.1. The van der Waals surface area contributed by atoms with Crippen molar-refractivity contribution >= 4 is 10.1 Å². The van der Waals surface area contributed by atoms with Crippen LogP contribution in [0.5, 0.6) is 5.75 Å². The molecule has 1 heterocycles. The Kier molecular flexibility index (Phi) is 4.89. The highest BCUT2D eigenvalue weighted by atomic mass is 32.2. The summed E-state index contributed by atoms with van der Waals surface area (Å²) in [6.45, 7) is 5.91. The standard InChI is InChI=1S/C16H20N2O4S/c1-11(2)10-18-16(19)15(22-23(4,20)21)12(3)14(17-18)13-8-6-5-7-9-13/h5-9,11H,10H2,1-4H3. The van der Waals surface area contributed by atoms with Crippen LogP contribution in [0.1, 0.15) is 19.4 Å². The van der Waals surface area contributed by atoms with Crippen molar-refractivity contribution in [2.45, 2.75) is 27.3 Å². The van der Waals surface area contributed by atoms with Crippen molar-refractivity contribution < 1.29 is 12.6 Å². The first-order valence-corrected chi connectivity index (χ1v) is 9.07. The summed E-state index contributed by atoms with van der Waals surface area (Å²) in [6.07, 6.45) is 0.918. The Hall–Kier alpha value is -2.15. The minimum atomic E-state index is -3.81. The Labute approximate surface area is 135 Å². The molecule has 0 aliphatic rings. The van der Waals surface area contributed by atoms with Gasteiger partial charge >= 0.3 is 15.7 Å². The molecular weight excluding hydrogens is 316 g/mol. The number of hydrogen-bond donors (Lipinski definition) is 0. The zero-order valence-electron chi connectivity index (χ0n) is 13.6. The van der Waals surface area contributed by atoms with Crippen molar-refractivity contribution in [3.05, 3.63) is 46.2 Å². The van der Waals surface area contributed by atoms with Crippen LogP contribution in [0.25, 0.3) is 11.3 Å². The highest BCUT2D eigenvalue weighted by molar-refractivity contribution is 7.86. The first kappa shape index (κ1) is 17.2. The van der Waals surface area contributed by atoms with Gasteiger partial charge in [0.2, 0.25) is 5.75 Å². The molecule has 0 saturated heterocycles. The number of rotatable bonds is 5. The van der Waals surface area contributed by atoms with Gasteiger partial charge in [-0.2, -0.15) is 13.5 Å². The molecule has 0 bridgehead atoms. The normalized spacial score (nSPS) is 11.7. The van der Waals surface area contributed by atoms with E-state index in [0.29, 0.717) is 17.8 Å². The summed E-state index contributed by atoms with van der Waals surface area (Å²) in [5, 5.41) is 4.40. The molecule has 0 radical (unpaired) electrons. The lowest BCUT2D eigenvalue weighted by Gasteiger charge is -2.15. The third-order valence-corrected chi connectivity index (χ3v) is 3.63. The first-order chi connectivity index (χ1) is 10.7. The highest BCUT2D eigenvalue weighted by Gasteiger charge is 2.20. The predicted octanol–water partition coefficient (Wildman–Crippen LogP) is 2.21. The highest BCUT2D eigenvalue weighted by Crippen LogP contribution is 2.26. The van der Waals surface area contributed by atoms with Gasteiger partial charge in [-0.25, -0.2) is 4.68 Å². The molecule has 0 atom stereocenters. The zero-order chi connectivity index (χ0) is 17.2. The average Bonchev–Trinajstić information content (AvgIpc) is 2.46. The molecule has 23 heavy (non-hydrogen) atoms. The third kappa shape index (κ3) is 4.19. The molecule has 0 saturated carbocycles. The summed E-state index contributed by atoms with van der Waals surface area (Å²) < 4.78 is 29.2. The second-order valence-corrected chi connectivity index (χ2v) is 7.41. The maximum Gasteiger partial charge on any atom is 0.311 e. The first-order valence-electron chi connectivity index (χ1n) is 7.25. The quantitative estimate of drug-likeness (QED) is 0.782. The van der Waals surface area contributed by atoms with Crippen LogP contribution >= 0.6 is 0 Å². The summed E-state index contributed by atoms with van der Waals surface area (Å²) in [5.74, 6) is -0.0142. The fraction of sp³-hybridized carbons (Fsp3) is 0.375. The van der Waals surface area contributed by atoms with Crippen LogP contribution in [0, 0.1) is 12.8 Å². The molecular formula is C16H20N2O4S. The molecule has 0 unspecified atom stereocenters. The molecule has 0 aliphatic carbocycles. The summed E-state index contributed by atoms with van der Waals surface area (Å²) in [4.78, 5) is 12.5. The van der Waals surface area contributed by atoms with Crippen LogP contribution in [0.4, 0.5) is 0 Å². The third-order valence-electron chi connectivity index (χ3n) is 3.17. The van der Waals surface area contributed by atoms with Gasteiger partial charge in [-0.15, -0.1) is 0 Å². The molecule has 2 rings (SSSR count). The van der Waals surface area contributed by atoms with Gasteiger partial charge < -0.3 is 4.18 Å². The molecule has 1 aromatic carbocycles. The molecule has 0 amide bonds. The molecule has 0 N–H and O–H groups in total. The summed E-state index contributed by atoms with van der Waals surface area (Å²) >= 11 is 0. The van der Waals surface area contributed by atoms with E-state index in [-0.39, 0.29) is 11.7 Å². The average molecular weight is 336 g/mol. The van der Waals surface area contributed by atoms with E-state index in [2.05, 4.69) is 5.10 Å². The molecule has 0 fully saturated rings. The largest absolute Gasteiger partial charge is 0.376 e. The fourth-order valence-corrected chi connectivity index (χ4v) is 2.71. The maximum absolute atomic E-state index is 12.5. The van der Waals surface area contributed by atoms with Gasteiger partial charge in [-0.1, -0.05) is 44.2 Å². The second kappa shape index (κ2) is 6.54. The predicted molar refractivity (Wildman–Crippen MR) is 89.0 cm³/mol. The van der Waals surface area contributed by atoms with Crippen molar-refractivity contribution in [3.63, 3.8) is 0 Å². The van der Waals surface area contributed by atoms with Crippen molar-refractivity contribution in [1.29, 1.82) is 0 Å². The number of aromatic nitrogens is 2. The van der Waals surface area contributed by atoms with Crippen LogP contribution < -0.4 is 9.74 Å². The molecule has 0 aliphatic heterocycles. The Morgan fingerprint density at radius 3 is 2.35 bits per heavy atom. The lowest BCUT2D eigenvalue weighted by molar-refractivity contribution is 0.440. The number of nitrogens with zero attached hydrogens (tertiary/aromatic N) is 2. The van der Waals surface area contributed by atoms with Crippen molar-refractivity contribution in [1.82, 2.24) is 9.78 Å². The van der Waals surface area contributed by atoms with E-state index in [1.165, 1.54) is 4.68 Å². The van der Waals surface area contributed by atoms with E-state index in [9.17, 15) is 13.2 Å². The summed E-state index contributed by atoms with van der Waals surface area (Å²) in [6, 6.07) is 9.28. The van der Waals surface area contributed by atoms with Gasteiger partial charge in [-0.3, -0.25) is 4.79 Å². The Balaban J connectivity index is 2.72. The van der Waals surface area contributed by atoms with Crippen molar-refractivity contribution in [2.75, 3.05) is 6.26 Å². The fourth-order valence-electron chi connectivity index (χ4n) is 2.22. The SMILES string of the molecule is Cc1c(-c2ccccc2)nn(CC(C)C)c(=O)c1OS(C)(=O)=O. The van der Waals surface area contributed by atoms with Gasteiger partial charge in [0.25, 0.3) is 0 Å². The van der Waals surface area contributed by atoms with Crippen molar-refractivity contribution in [2.24, 2.45) is 5.92 Å². The van der Waals surface area contributed by atoms with Gasteiger partial charge in [-0.05, 0) is 12.8 Å². The van der Waals surface area contributed by atoms with Crippen LogP contribution in [0.3, 0.4) is 0 Å². The number of hydrogen-bond acceptors (Lipinski definition) is 5. The second-order valence-electron chi connectivity index (χ2n) is 5.84. The monoisotopic (exact) mass is 336 g/mol. The van der Waals surface area contributed by atoms with E-state index in [0.717, 1.165) is 11.8 Å². The maximum atomic E-state index is 12.5. The van der Waals surface area contributed by atoms with E-state index in [4.69, 9.17) is 4.18 Å². The smallest absolute Gasteiger partial charge is 0.311 e. The van der Waals surface area contributed by atoms with Gasteiger partial charge in [0, 0.05) is 17.7 Å².